The minimum Gasteiger partial charge on any atom is -0.396 e. The second-order valence-corrected chi connectivity index (χ2v) is 9.84. The van der Waals surface area contributed by atoms with Crippen molar-refractivity contribution in [3.05, 3.63) is 0 Å². The number of aliphatic hydroxyl groups is 1. The van der Waals surface area contributed by atoms with Crippen LogP contribution >= 0.6 is 11.8 Å². The lowest BCUT2D eigenvalue weighted by Crippen LogP contribution is -2.42. The minimum absolute atomic E-state index is 0.0570. The third kappa shape index (κ3) is 12.3. The van der Waals surface area contributed by atoms with E-state index in [0.717, 1.165) is 5.92 Å². The molecule has 0 unspecified atom stereocenters. The summed E-state index contributed by atoms with van der Waals surface area (Å²) >= 11 is 1.97. The van der Waals surface area contributed by atoms with Crippen molar-refractivity contribution < 1.29 is 9.90 Å². The molecular formula is C18H39NO2S. The molecule has 0 saturated heterocycles. The molecule has 3 nitrogen and oxygen atoms in total. The molecule has 0 atom stereocenters. The summed E-state index contributed by atoms with van der Waals surface area (Å²) in [6.07, 6.45) is 4.09. The Balaban J connectivity index is 0. The average Bonchev–Trinajstić information content (AvgIpc) is 2.26. The Hall–Kier alpha value is -0.220. The zero-order valence-corrected chi connectivity index (χ0v) is 17.3. The largest absolute Gasteiger partial charge is 0.396 e. The third-order valence-corrected chi connectivity index (χ3v) is 5.50. The lowest BCUT2D eigenvalue weighted by molar-refractivity contribution is -0.120. The minimum atomic E-state index is -0.277. The van der Waals surface area contributed by atoms with Crippen LogP contribution in [0, 0.1) is 11.3 Å². The Morgan fingerprint density at radius 3 is 1.86 bits per heavy atom. The molecule has 0 aliphatic carbocycles. The van der Waals surface area contributed by atoms with Gasteiger partial charge >= 0.3 is 0 Å². The Kier molecular flexibility index (Phi) is 10.7. The van der Waals surface area contributed by atoms with Gasteiger partial charge in [0, 0.05) is 23.8 Å². The number of rotatable bonds is 7. The van der Waals surface area contributed by atoms with Crippen LogP contribution in [0.5, 0.6) is 0 Å². The highest BCUT2D eigenvalue weighted by Crippen LogP contribution is 2.40. The van der Waals surface area contributed by atoms with Crippen LogP contribution < -0.4 is 5.32 Å². The van der Waals surface area contributed by atoms with Gasteiger partial charge in [0.25, 0.3) is 0 Å². The standard InChI is InChI=1S/C11H24S.C7H15NO2/c1-9(2)10(3,4)8-11(5,6)12-7;1-6(10)8-7(2,3)4-5-9/h9H,8H2,1-7H3;9H,4-5H2,1-3H3,(H,8,10). The molecule has 0 aliphatic heterocycles. The van der Waals surface area contributed by atoms with Gasteiger partial charge in [-0.15, -0.1) is 0 Å². The fourth-order valence-electron chi connectivity index (χ4n) is 2.19. The Labute approximate surface area is 143 Å². The van der Waals surface area contributed by atoms with Crippen LogP contribution in [0.1, 0.15) is 75.2 Å². The number of thioether (sulfide) groups is 1. The smallest absolute Gasteiger partial charge is 0.217 e. The number of carbonyl (C=O) groups is 1. The van der Waals surface area contributed by atoms with Gasteiger partial charge in [0.05, 0.1) is 0 Å². The fraction of sp³-hybridized carbons (Fsp3) is 0.944. The summed E-state index contributed by atoms with van der Waals surface area (Å²) in [7, 11) is 0. The lowest BCUT2D eigenvalue weighted by atomic mass is 9.75. The lowest BCUT2D eigenvalue weighted by Gasteiger charge is -2.36. The van der Waals surface area contributed by atoms with E-state index in [9.17, 15) is 4.79 Å². The van der Waals surface area contributed by atoms with Gasteiger partial charge in [0.2, 0.25) is 5.91 Å². The normalized spacial score (nSPS) is 12.7. The van der Waals surface area contributed by atoms with E-state index in [1.165, 1.54) is 13.3 Å². The van der Waals surface area contributed by atoms with Crippen LogP contribution in [0.4, 0.5) is 0 Å². The summed E-state index contributed by atoms with van der Waals surface area (Å²) in [6.45, 7) is 19.4. The molecule has 0 heterocycles. The molecule has 0 saturated carbocycles. The van der Waals surface area contributed by atoms with Gasteiger partial charge in [-0.3, -0.25) is 4.79 Å². The molecule has 0 rings (SSSR count). The molecule has 0 aromatic carbocycles. The number of hydrogen-bond acceptors (Lipinski definition) is 3. The van der Waals surface area contributed by atoms with E-state index in [4.69, 9.17) is 5.11 Å². The highest BCUT2D eigenvalue weighted by Gasteiger charge is 2.30. The third-order valence-electron chi connectivity index (χ3n) is 4.25. The summed E-state index contributed by atoms with van der Waals surface area (Å²) in [5.74, 6) is 0.711. The number of hydrogen-bond donors (Lipinski definition) is 2. The molecule has 22 heavy (non-hydrogen) atoms. The zero-order valence-electron chi connectivity index (χ0n) is 16.5. The predicted molar refractivity (Wildman–Crippen MR) is 100 cm³/mol. The quantitative estimate of drug-likeness (QED) is 0.722. The molecule has 0 aromatic rings. The highest BCUT2D eigenvalue weighted by atomic mass is 32.2. The molecule has 2 N–H and O–H groups in total. The van der Waals surface area contributed by atoms with Crippen molar-refractivity contribution in [1.82, 2.24) is 5.32 Å². The monoisotopic (exact) mass is 333 g/mol. The van der Waals surface area contributed by atoms with E-state index in [2.05, 4.69) is 53.1 Å². The van der Waals surface area contributed by atoms with Gasteiger partial charge in [0.15, 0.2) is 0 Å². The van der Waals surface area contributed by atoms with Crippen molar-refractivity contribution in [3.8, 4) is 0 Å². The summed E-state index contributed by atoms with van der Waals surface area (Å²) in [5, 5.41) is 11.3. The van der Waals surface area contributed by atoms with E-state index in [1.54, 1.807) is 0 Å². The molecule has 0 radical (unpaired) electrons. The second kappa shape index (κ2) is 9.82. The van der Waals surface area contributed by atoms with Crippen LogP contribution in [0.3, 0.4) is 0 Å². The van der Waals surface area contributed by atoms with Crippen LogP contribution in [-0.4, -0.2) is 34.2 Å². The predicted octanol–water partition coefficient (Wildman–Crippen LogP) is 4.48. The SMILES string of the molecule is CC(=O)NC(C)(C)CCO.CSC(C)(C)CC(C)(C)C(C)C. The second-order valence-electron chi connectivity index (χ2n) is 8.32. The average molecular weight is 334 g/mol. The van der Waals surface area contributed by atoms with Gasteiger partial charge in [-0.05, 0) is 44.3 Å². The Bertz CT molecular complexity index is 323. The van der Waals surface area contributed by atoms with E-state index < -0.39 is 0 Å². The van der Waals surface area contributed by atoms with E-state index in [-0.39, 0.29) is 18.1 Å². The first-order valence-corrected chi connectivity index (χ1v) is 9.36. The molecule has 0 fully saturated rings. The molecule has 134 valence electrons. The van der Waals surface area contributed by atoms with E-state index in [1.807, 2.05) is 25.6 Å². The van der Waals surface area contributed by atoms with Gasteiger partial charge < -0.3 is 10.4 Å². The van der Waals surface area contributed by atoms with Crippen molar-refractivity contribution in [2.75, 3.05) is 12.9 Å². The van der Waals surface area contributed by atoms with Crippen molar-refractivity contribution in [1.29, 1.82) is 0 Å². The van der Waals surface area contributed by atoms with Gasteiger partial charge in [0.1, 0.15) is 0 Å². The van der Waals surface area contributed by atoms with Crippen LogP contribution in [0.2, 0.25) is 0 Å². The molecule has 1 amide bonds. The summed E-state index contributed by atoms with van der Waals surface area (Å²) in [6, 6.07) is 0. The first-order chi connectivity index (χ1) is 9.69. The van der Waals surface area contributed by atoms with E-state index >= 15 is 0 Å². The Morgan fingerprint density at radius 1 is 1.14 bits per heavy atom. The van der Waals surface area contributed by atoms with Crippen molar-refractivity contribution >= 4 is 17.7 Å². The maximum absolute atomic E-state index is 10.5. The Morgan fingerprint density at radius 2 is 1.59 bits per heavy atom. The van der Waals surface area contributed by atoms with Gasteiger partial charge in [-0.1, -0.05) is 41.5 Å². The highest BCUT2D eigenvalue weighted by molar-refractivity contribution is 7.99. The van der Waals surface area contributed by atoms with Crippen LogP contribution in [0.25, 0.3) is 0 Å². The topological polar surface area (TPSA) is 49.3 Å². The van der Waals surface area contributed by atoms with Gasteiger partial charge in [-0.2, -0.15) is 11.8 Å². The maximum Gasteiger partial charge on any atom is 0.217 e. The van der Waals surface area contributed by atoms with Crippen LogP contribution in [0.15, 0.2) is 0 Å². The summed E-state index contributed by atoms with van der Waals surface area (Å²) in [4.78, 5) is 10.5. The number of nitrogens with one attached hydrogen (secondary N) is 1. The number of aliphatic hydroxyl groups excluding tert-OH is 1. The fourth-order valence-corrected chi connectivity index (χ4v) is 2.71. The van der Waals surface area contributed by atoms with Crippen molar-refractivity contribution in [2.45, 2.75) is 85.4 Å². The van der Waals surface area contributed by atoms with Gasteiger partial charge in [-0.25, -0.2) is 0 Å². The first kappa shape index (κ1) is 24.0. The number of amides is 1. The number of carbonyl (C=O) groups excluding carboxylic acids is 1. The van der Waals surface area contributed by atoms with E-state index in [0.29, 0.717) is 16.6 Å². The molecule has 0 spiro atoms. The maximum atomic E-state index is 10.5. The van der Waals surface area contributed by atoms with Crippen molar-refractivity contribution in [3.63, 3.8) is 0 Å². The molecule has 0 aliphatic rings. The zero-order chi connectivity index (χ0) is 18.2. The molecule has 4 heteroatoms. The molecule has 0 bridgehead atoms. The van der Waals surface area contributed by atoms with Crippen molar-refractivity contribution in [2.24, 2.45) is 11.3 Å². The first-order valence-electron chi connectivity index (χ1n) is 8.14. The summed E-state index contributed by atoms with van der Waals surface area (Å²) < 4.78 is 0.424. The van der Waals surface area contributed by atoms with Crippen LogP contribution in [-0.2, 0) is 4.79 Å². The summed E-state index contributed by atoms with van der Waals surface area (Å²) in [5.41, 5.74) is 0.188. The molecule has 0 aromatic heterocycles. The molecular weight excluding hydrogens is 294 g/mol.